The minimum atomic E-state index is -3.76. The minimum absolute atomic E-state index is 0.0139. The molecule has 140 valence electrons. The molecule has 4 aromatic rings. The second-order valence-corrected chi connectivity index (χ2v) is 8.57. The second-order valence-electron chi connectivity index (χ2n) is 5.90. The van der Waals surface area contributed by atoms with Crippen molar-refractivity contribution in [2.75, 3.05) is 0 Å². The van der Waals surface area contributed by atoms with Gasteiger partial charge in [0.05, 0.1) is 28.7 Å². The fourth-order valence-corrected chi connectivity index (χ4v) is 4.43. The fraction of sp³-hybridized carbons (Fsp3) is 0.188. The molecule has 0 amide bonds. The first-order valence-electron chi connectivity index (χ1n) is 8.05. The summed E-state index contributed by atoms with van der Waals surface area (Å²) >= 11 is 1.58. The van der Waals surface area contributed by atoms with Crippen molar-refractivity contribution in [3.05, 3.63) is 59.3 Å². The highest BCUT2D eigenvalue weighted by Gasteiger charge is 2.23. The highest BCUT2D eigenvalue weighted by Crippen LogP contribution is 2.31. The number of hydrogen-bond donors (Lipinski definition) is 2. The number of aryl methyl sites for hydroxylation is 1. The van der Waals surface area contributed by atoms with E-state index in [9.17, 15) is 13.5 Å². The summed E-state index contributed by atoms with van der Waals surface area (Å²) in [5.41, 5.74) is 1.71. The van der Waals surface area contributed by atoms with E-state index >= 15 is 0 Å². The van der Waals surface area contributed by atoms with Gasteiger partial charge in [-0.3, -0.25) is 4.40 Å². The molecule has 0 fully saturated rings. The zero-order chi connectivity index (χ0) is 19.2. The van der Waals surface area contributed by atoms with E-state index in [1.165, 1.54) is 16.8 Å². The highest BCUT2D eigenvalue weighted by molar-refractivity contribution is 7.89. The van der Waals surface area contributed by atoms with Gasteiger partial charge < -0.3 is 5.11 Å². The average molecular weight is 404 g/mol. The SMILES string of the molecule is CCc1sc2cncn2c1C(O)c1cn(-c2ccc(S(N)(=O)=O)cc2)nn1. The number of benzene rings is 1. The van der Waals surface area contributed by atoms with Crippen molar-refractivity contribution in [1.29, 1.82) is 0 Å². The molecule has 0 spiro atoms. The molecular weight excluding hydrogens is 388 g/mol. The van der Waals surface area contributed by atoms with Crippen LogP contribution in [0.2, 0.25) is 0 Å². The lowest BCUT2D eigenvalue weighted by molar-refractivity contribution is 0.208. The predicted octanol–water partition coefficient (Wildman–Crippen LogP) is 1.27. The number of aliphatic hydroxyl groups is 1. The number of aliphatic hydroxyl groups excluding tert-OH is 1. The molecule has 27 heavy (non-hydrogen) atoms. The molecular formula is C16H16N6O3S2. The monoisotopic (exact) mass is 404 g/mol. The number of hydrogen-bond acceptors (Lipinski definition) is 7. The van der Waals surface area contributed by atoms with Gasteiger partial charge in [-0.2, -0.15) is 0 Å². The highest BCUT2D eigenvalue weighted by atomic mass is 32.2. The Morgan fingerprint density at radius 2 is 2.04 bits per heavy atom. The van der Waals surface area contributed by atoms with Gasteiger partial charge in [0.25, 0.3) is 0 Å². The number of nitrogens with two attached hydrogens (primary N) is 1. The van der Waals surface area contributed by atoms with E-state index in [4.69, 9.17) is 5.14 Å². The maximum Gasteiger partial charge on any atom is 0.238 e. The van der Waals surface area contributed by atoms with E-state index in [-0.39, 0.29) is 4.90 Å². The molecule has 11 heteroatoms. The van der Waals surface area contributed by atoms with Gasteiger partial charge in [0.15, 0.2) is 0 Å². The van der Waals surface area contributed by atoms with Gasteiger partial charge >= 0.3 is 0 Å². The molecule has 3 aromatic heterocycles. The van der Waals surface area contributed by atoms with Gasteiger partial charge in [-0.15, -0.1) is 16.4 Å². The van der Waals surface area contributed by atoms with Crippen molar-refractivity contribution < 1.29 is 13.5 Å². The van der Waals surface area contributed by atoms with Crippen molar-refractivity contribution in [3.8, 4) is 5.69 Å². The van der Waals surface area contributed by atoms with Crippen molar-refractivity contribution >= 4 is 26.2 Å². The lowest BCUT2D eigenvalue weighted by Crippen LogP contribution is -2.12. The number of thiazole rings is 1. The Morgan fingerprint density at radius 3 is 2.70 bits per heavy atom. The molecule has 0 radical (unpaired) electrons. The summed E-state index contributed by atoms with van der Waals surface area (Å²) in [6.45, 7) is 2.03. The maximum atomic E-state index is 11.4. The Bertz CT molecular complexity index is 1210. The minimum Gasteiger partial charge on any atom is -0.380 e. The molecule has 3 heterocycles. The molecule has 1 aromatic carbocycles. The third kappa shape index (κ3) is 3.14. The van der Waals surface area contributed by atoms with E-state index in [1.54, 1.807) is 42.2 Å². The van der Waals surface area contributed by atoms with Gasteiger partial charge in [-0.1, -0.05) is 12.1 Å². The Kier molecular flexibility index (Phi) is 4.30. The molecule has 0 saturated heterocycles. The number of fused-ring (bicyclic) bond motifs is 1. The van der Waals surface area contributed by atoms with Crippen LogP contribution in [0.4, 0.5) is 0 Å². The summed E-state index contributed by atoms with van der Waals surface area (Å²) in [5, 5.41) is 24.1. The van der Waals surface area contributed by atoms with Gasteiger partial charge in [0, 0.05) is 4.88 Å². The number of nitrogens with zero attached hydrogens (tertiary/aromatic N) is 5. The van der Waals surface area contributed by atoms with Crippen LogP contribution in [0.25, 0.3) is 10.5 Å². The Labute approximate surface area is 158 Å². The van der Waals surface area contributed by atoms with E-state index in [2.05, 4.69) is 15.3 Å². The maximum absolute atomic E-state index is 11.4. The number of imidazole rings is 1. The summed E-state index contributed by atoms with van der Waals surface area (Å²) in [6, 6.07) is 5.93. The quantitative estimate of drug-likeness (QED) is 0.515. The summed E-state index contributed by atoms with van der Waals surface area (Å²) in [7, 11) is -3.76. The molecule has 0 aliphatic rings. The number of aromatic nitrogens is 5. The van der Waals surface area contributed by atoms with E-state index in [0.29, 0.717) is 11.4 Å². The average Bonchev–Trinajstić information content (AvgIpc) is 3.35. The topological polar surface area (TPSA) is 128 Å². The molecule has 3 N–H and O–H groups in total. The molecule has 0 aliphatic carbocycles. The van der Waals surface area contributed by atoms with Gasteiger partial charge in [-0.05, 0) is 30.7 Å². The van der Waals surface area contributed by atoms with Crippen molar-refractivity contribution in [2.24, 2.45) is 5.14 Å². The van der Waals surface area contributed by atoms with Crippen LogP contribution >= 0.6 is 11.3 Å². The largest absolute Gasteiger partial charge is 0.380 e. The third-order valence-electron chi connectivity index (χ3n) is 4.18. The lowest BCUT2D eigenvalue weighted by atomic mass is 10.1. The van der Waals surface area contributed by atoms with E-state index < -0.39 is 16.1 Å². The van der Waals surface area contributed by atoms with Crippen LogP contribution in [-0.4, -0.2) is 37.9 Å². The van der Waals surface area contributed by atoms with Gasteiger partial charge in [0.2, 0.25) is 10.0 Å². The van der Waals surface area contributed by atoms with Crippen LogP contribution in [0.15, 0.2) is 47.9 Å². The summed E-state index contributed by atoms with van der Waals surface area (Å²) in [5.74, 6) is 0. The van der Waals surface area contributed by atoms with Gasteiger partial charge in [-0.25, -0.2) is 23.2 Å². The molecule has 1 atom stereocenters. The fourth-order valence-electron chi connectivity index (χ4n) is 2.85. The first kappa shape index (κ1) is 17.8. The third-order valence-corrected chi connectivity index (χ3v) is 6.36. The van der Waals surface area contributed by atoms with Crippen LogP contribution in [0.1, 0.15) is 29.3 Å². The number of rotatable bonds is 5. The van der Waals surface area contributed by atoms with Crippen molar-refractivity contribution in [2.45, 2.75) is 24.3 Å². The predicted molar refractivity (Wildman–Crippen MR) is 99.2 cm³/mol. The Hall–Kier alpha value is -2.60. The molecule has 0 bridgehead atoms. The zero-order valence-corrected chi connectivity index (χ0v) is 15.9. The Balaban J connectivity index is 1.68. The lowest BCUT2D eigenvalue weighted by Gasteiger charge is -2.08. The summed E-state index contributed by atoms with van der Waals surface area (Å²) in [4.78, 5) is 6.13. The number of sulfonamides is 1. The van der Waals surface area contributed by atoms with E-state index in [1.807, 2.05) is 11.3 Å². The Morgan fingerprint density at radius 1 is 1.30 bits per heavy atom. The van der Waals surface area contributed by atoms with Crippen molar-refractivity contribution in [1.82, 2.24) is 24.4 Å². The van der Waals surface area contributed by atoms with Crippen LogP contribution in [0, 0.1) is 0 Å². The smallest absolute Gasteiger partial charge is 0.238 e. The van der Waals surface area contributed by atoms with E-state index in [0.717, 1.165) is 21.8 Å². The summed E-state index contributed by atoms with van der Waals surface area (Å²) < 4.78 is 26.0. The van der Waals surface area contributed by atoms with Crippen LogP contribution < -0.4 is 5.14 Å². The van der Waals surface area contributed by atoms with Gasteiger partial charge in [0.1, 0.15) is 23.0 Å². The number of primary sulfonamides is 1. The standard InChI is InChI=1S/C16H16N6O3S2/c1-2-13-15(21-9-18-7-14(21)26-13)16(23)12-8-22(20-19-12)10-3-5-11(6-4-10)27(17,24)25/h3-9,16,23H,2H2,1H3,(H2,17,24,25). The summed E-state index contributed by atoms with van der Waals surface area (Å²) in [6.07, 6.45) is 4.85. The normalized spacial score (nSPS) is 13.3. The molecule has 4 rings (SSSR count). The molecule has 9 nitrogen and oxygen atoms in total. The molecule has 0 aliphatic heterocycles. The van der Waals surface area contributed by atoms with Crippen molar-refractivity contribution in [3.63, 3.8) is 0 Å². The zero-order valence-electron chi connectivity index (χ0n) is 14.2. The van der Waals surface area contributed by atoms with Crippen LogP contribution in [0.5, 0.6) is 0 Å². The molecule has 0 saturated carbocycles. The first-order valence-corrected chi connectivity index (χ1v) is 10.4. The van der Waals surface area contributed by atoms with Crippen LogP contribution in [0.3, 0.4) is 0 Å². The first-order chi connectivity index (χ1) is 12.9. The van der Waals surface area contributed by atoms with Crippen LogP contribution in [-0.2, 0) is 16.4 Å². The second kappa shape index (κ2) is 6.53. The molecule has 1 unspecified atom stereocenters.